The number of hydrogen-bond donors (Lipinski definition) is 2. The molecule has 0 unspecified atom stereocenters. The summed E-state index contributed by atoms with van der Waals surface area (Å²) in [5, 5.41) is 8.86. The minimum atomic E-state index is -0.380. The van der Waals surface area contributed by atoms with Crippen LogP contribution >= 0.6 is 24.4 Å². The number of nitrogens with zero attached hydrogens (tertiary/aromatic N) is 3. The van der Waals surface area contributed by atoms with Crippen molar-refractivity contribution in [3.8, 4) is 40.7 Å². The molecule has 0 fully saturated rings. The molecule has 2 aromatic carbocycles. The molecule has 0 aliphatic carbocycles. The first-order chi connectivity index (χ1) is 17.3. The summed E-state index contributed by atoms with van der Waals surface area (Å²) in [5.41, 5.74) is 4.04. The number of aromatic amines is 2. The minimum Gasteiger partial charge on any atom is -0.342 e. The average Bonchev–Trinajstić information content (AvgIpc) is 2.88. The first kappa shape index (κ1) is 28.3. The fourth-order valence-electron chi connectivity index (χ4n) is 3.09. The summed E-state index contributed by atoms with van der Waals surface area (Å²) >= 11 is 10.3. The molecule has 182 valence electrons. The number of aromatic nitrogens is 4. The normalized spacial score (nSPS) is 9.36. The number of halogens is 1. The highest BCUT2D eigenvalue weighted by atomic mass is 32.1. The number of benzene rings is 2. The zero-order valence-electron chi connectivity index (χ0n) is 20.7. The standard InChI is InChI=1S/C14H12N2S.C12H8FN3S.C2H6/c1-3-7-12-10(2)15-13(16-14(12)17)11-8-5-4-6-9-11;1-7-9(6-14)12(17)16-11(15-7)8-4-2-3-5-10(8)13;1-2/h4-6,8-9H,1-2H3,(H,15,16,17);2-5H,1H3,(H,15,16,17);1-2H3. The average molecular weight is 516 g/mol. The molecule has 0 saturated carbocycles. The molecule has 4 rings (SSSR count). The van der Waals surface area contributed by atoms with Crippen molar-refractivity contribution in [1.29, 1.82) is 5.26 Å². The SMILES string of the molecule is CC.CC#Cc1c(C)[nH]c(-c2ccccc2)nc1=S.Cc1[nH]c(-c2ccccc2F)nc(=S)c1C#N. The quantitative estimate of drug-likeness (QED) is 0.212. The van der Waals surface area contributed by atoms with E-state index in [4.69, 9.17) is 29.7 Å². The molecule has 0 amide bonds. The minimum absolute atomic E-state index is 0.182. The molecular formula is C28H26FN5S2. The molecular weight excluding hydrogens is 489 g/mol. The third-order valence-corrected chi connectivity index (χ3v) is 5.35. The highest BCUT2D eigenvalue weighted by molar-refractivity contribution is 7.71. The van der Waals surface area contributed by atoms with Gasteiger partial charge in [-0.05, 0) is 32.9 Å². The van der Waals surface area contributed by atoms with Crippen molar-refractivity contribution in [2.45, 2.75) is 34.6 Å². The predicted molar refractivity (Wildman–Crippen MR) is 148 cm³/mol. The van der Waals surface area contributed by atoms with Crippen molar-refractivity contribution >= 4 is 24.4 Å². The smallest absolute Gasteiger partial charge is 0.148 e. The van der Waals surface area contributed by atoms with Crippen LogP contribution < -0.4 is 0 Å². The molecule has 0 aliphatic heterocycles. The van der Waals surface area contributed by atoms with Gasteiger partial charge in [0.15, 0.2) is 0 Å². The van der Waals surface area contributed by atoms with Gasteiger partial charge in [-0.15, -0.1) is 5.92 Å². The Labute approximate surface area is 221 Å². The fraction of sp³-hybridized carbons (Fsp3) is 0.179. The van der Waals surface area contributed by atoms with E-state index >= 15 is 0 Å². The Kier molecular flexibility index (Phi) is 10.8. The monoisotopic (exact) mass is 515 g/mol. The second kappa shape index (κ2) is 13.8. The Morgan fingerprint density at radius 2 is 1.33 bits per heavy atom. The number of rotatable bonds is 2. The third-order valence-electron chi connectivity index (χ3n) is 4.75. The van der Waals surface area contributed by atoms with E-state index in [1.54, 1.807) is 32.0 Å². The molecule has 0 spiro atoms. The summed E-state index contributed by atoms with van der Waals surface area (Å²) in [6.45, 7) is 9.46. The van der Waals surface area contributed by atoms with Gasteiger partial charge in [0.05, 0.1) is 11.1 Å². The topological polar surface area (TPSA) is 81.2 Å². The summed E-state index contributed by atoms with van der Waals surface area (Å²) < 4.78 is 14.3. The molecule has 4 aromatic rings. The first-order valence-corrected chi connectivity index (χ1v) is 12.0. The Morgan fingerprint density at radius 3 is 1.89 bits per heavy atom. The lowest BCUT2D eigenvalue weighted by Crippen LogP contribution is -1.98. The Bertz CT molecular complexity index is 1560. The first-order valence-electron chi connectivity index (χ1n) is 11.2. The van der Waals surface area contributed by atoms with E-state index < -0.39 is 0 Å². The van der Waals surface area contributed by atoms with Crippen LogP contribution in [-0.2, 0) is 0 Å². The number of H-pyrrole nitrogens is 2. The summed E-state index contributed by atoms with van der Waals surface area (Å²) in [4.78, 5) is 14.5. The summed E-state index contributed by atoms with van der Waals surface area (Å²) in [6, 6.07) is 18.2. The maximum absolute atomic E-state index is 13.6. The van der Waals surface area contributed by atoms with Gasteiger partial charge in [0.2, 0.25) is 0 Å². The molecule has 36 heavy (non-hydrogen) atoms. The van der Waals surface area contributed by atoms with Crippen LogP contribution in [-0.4, -0.2) is 19.9 Å². The van der Waals surface area contributed by atoms with Crippen LogP contribution in [0.4, 0.5) is 4.39 Å². The molecule has 0 atom stereocenters. The van der Waals surface area contributed by atoms with Gasteiger partial charge >= 0.3 is 0 Å². The number of aryl methyl sites for hydroxylation is 2. The van der Waals surface area contributed by atoms with Crippen LogP contribution in [0.1, 0.15) is 43.3 Å². The maximum atomic E-state index is 13.6. The zero-order valence-corrected chi connectivity index (χ0v) is 22.4. The van der Waals surface area contributed by atoms with Crippen LogP contribution in [0.3, 0.4) is 0 Å². The van der Waals surface area contributed by atoms with Gasteiger partial charge in [-0.25, -0.2) is 14.4 Å². The van der Waals surface area contributed by atoms with E-state index in [0.29, 0.717) is 27.3 Å². The predicted octanol–water partition coefficient (Wildman–Crippen LogP) is 7.64. The van der Waals surface area contributed by atoms with Gasteiger partial charge in [0, 0.05) is 17.0 Å². The molecule has 8 heteroatoms. The molecule has 5 nitrogen and oxygen atoms in total. The lowest BCUT2D eigenvalue weighted by Gasteiger charge is -2.05. The van der Waals surface area contributed by atoms with Crippen LogP contribution in [0, 0.1) is 52.1 Å². The van der Waals surface area contributed by atoms with Crippen LogP contribution in [0.5, 0.6) is 0 Å². The Hall–Kier alpha value is -3.98. The van der Waals surface area contributed by atoms with Gasteiger partial charge in [-0.3, -0.25) is 0 Å². The van der Waals surface area contributed by atoms with E-state index in [-0.39, 0.29) is 10.5 Å². The van der Waals surface area contributed by atoms with Crippen molar-refractivity contribution in [3.05, 3.63) is 92.2 Å². The Morgan fingerprint density at radius 1 is 0.806 bits per heavy atom. The number of hydrogen-bond acceptors (Lipinski definition) is 5. The van der Waals surface area contributed by atoms with E-state index in [9.17, 15) is 4.39 Å². The fourth-order valence-corrected chi connectivity index (χ4v) is 3.67. The molecule has 0 radical (unpaired) electrons. The number of nitrogens with one attached hydrogen (secondary N) is 2. The van der Waals surface area contributed by atoms with E-state index in [0.717, 1.165) is 22.6 Å². The maximum Gasteiger partial charge on any atom is 0.148 e. The van der Waals surface area contributed by atoms with Crippen molar-refractivity contribution in [2.24, 2.45) is 0 Å². The van der Waals surface area contributed by atoms with Crippen molar-refractivity contribution in [3.63, 3.8) is 0 Å². The number of nitriles is 1. The second-order valence-corrected chi connectivity index (χ2v) is 7.89. The van der Waals surface area contributed by atoms with Crippen molar-refractivity contribution in [2.75, 3.05) is 0 Å². The zero-order chi connectivity index (χ0) is 26.7. The molecule has 2 heterocycles. The summed E-state index contributed by atoms with van der Waals surface area (Å²) in [7, 11) is 0. The van der Waals surface area contributed by atoms with Crippen LogP contribution in [0.2, 0.25) is 0 Å². The van der Waals surface area contributed by atoms with E-state index in [1.165, 1.54) is 6.07 Å². The Balaban J connectivity index is 0.000000237. The molecule has 0 aliphatic rings. The van der Waals surface area contributed by atoms with Crippen LogP contribution in [0.15, 0.2) is 54.6 Å². The summed E-state index contributed by atoms with van der Waals surface area (Å²) in [5.74, 6) is 6.57. The van der Waals surface area contributed by atoms with Gasteiger partial charge in [-0.2, -0.15) is 5.26 Å². The molecule has 0 bridgehead atoms. The molecule has 0 saturated heterocycles. The second-order valence-electron chi connectivity index (χ2n) is 7.11. The van der Waals surface area contributed by atoms with Gasteiger partial charge < -0.3 is 9.97 Å². The van der Waals surface area contributed by atoms with Gasteiger partial charge in [0.1, 0.15) is 38.4 Å². The highest BCUT2D eigenvalue weighted by Gasteiger charge is 2.09. The van der Waals surface area contributed by atoms with Crippen LogP contribution in [0.25, 0.3) is 22.8 Å². The van der Waals surface area contributed by atoms with E-state index in [2.05, 4.69) is 31.8 Å². The molecule has 2 aromatic heterocycles. The third kappa shape index (κ3) is 7.02. The summed E-state index contributed by atoms with van der Waals surface area (Å²) in [6.07, 6.45) is 0. The van der Waals surface area contributed by atoms with Gasteiger partial charge in [0.25, 0.3) is 0 Å². The van der Waals surface area contributed by atoms with Crippen molar-refractivity contribution < 1.29 is 4.39 Å². The molecule has 2 N–H and O–H groups in total. The lowest BCUT2D eigenvalue weighted by atomic mass is 10.2. The highest BCUT2D eigenvalue weighted by Crippen LogP contribution is 2.20. The van der Waals surface area contributed by atoms with E-state index in [1.807, 2.05) is 57.2 Å². The van der Waals surface area contributed by atoms with Gasteiger partial charge in [-0.1, -0.05) is 86.7 Å². The largest absolute Gasteiger partial charge is 0.342 e. The lowest BCUT2D eigenvalue weighted by molar-refractivity contribution is 0.630. The van der Waals surface area contributed by atoms with Crippen molar-refractivity contribution in [1.82, 2.24) is 19.9 Å².